The number of aromatic nitrogens is 4. The van der Waals surface area contributed by atoms with Gasteiger partial charge in [0.05, 0.1) is 31.1 Å². The zero-order valence-electron chi connectivity index (χ0n) is 17.5. The summed E-state index contributed by atoms with van der Waals surface area (Å²) in [6.07, 6.45) is 1.41. The van der Waals surface area contributed by atoms with Crippen LogP contribution in [0.4, 0.5) is 5.82 Å². The van der Waals surface area contributed by atoms with E-state index in [0.717, 1.165) is 0 Å². The topological polar surface area (TPSA) is 186 Å². The number of nitrogen functional groups attached to an aromatic ring is 1. The first-order valence-electron chi connectivity index (χ1n) is 9.41. The first-order chi connectivity index (χ1) is 14.1. The van der Waals surface area contributed by atoms with Crippen molar-refractivity contribution < 1.29 is 9.16 Å². The molecule has 0 aliphatic carbocycles. The molecule has 1 aliphatic rings. The fourth-order valence-corrected chi connectivity index (χ4v) is 4.06. The van der Waals surface area contributed by atoms with E-state index in [9.17, 15) is 0 Å². The lowest BCUT2D eigenvalue weighted by atomic mass is 10.1. The first kappa shape index (κ1) is 21.8. The van der Waals surface area contributed by atoms with Crippen molar-refractivity contribution >= 4 is 25.3 Å². The van der Waals surface area contributed by atoms with Crippen LogP contribution in [0.15, 0.2) is 22.9 Å². The van der Waals surface area contributed by atoms with Crippen LogP contribution < -0.4 is 5.73 Å². The van der Waals surface area contributed by atoms with Crippen LogP contribution in [-0.2, 0) is 9.16 Å². The number of azide groups is 2. The molecule has 0 spiro atoms. The average Bonchev–Trinajstić information content (AvgIpc) is 3.23. The van der Waals surface area contributed by atoms with E-state index < -0.39 is 32.7 Å². The predicted octanol–water partition coefficient (Wildman–Crippen LogP) is 3.69. The Labute approximate surface area is 174 Å². The highest BCUT2D eigenvalue weighted by atomic mass is 28.4. The third-order valence-electron chi connectivity index (χ3n) is 5.78. The van der Waals surface area contributed by atoms with Gasteiger partial charge in [-0.3, -0.25) is 4.57 Å². The first-order valence-corrected chi connectivity index (χ1v) is 12.3. The molecule has 0 radical (unpaired) electrons. The molecule has 2 N–H and O–H groups in total. The van der Waals surface area contributed by atoms with Crippen LogP contribution in [0.3, 0.4) is 0 Å². The number of anilines is 1. The van der Waals surface area contributed by atoms with Crippen LogP contribution in [-0.4, -0.2) is 52.6 Å². The molecule has 14 heteroatoms. The molecule has 1 aliphatic heterocycles. The summed E-state index contributed by atoms with van der Waals surface area (Å²) in [5.74, 6) is 0.224. The van der Waals surface area contributed by atoms with E-state index in [1.165, 1.54) is 12.7 Å². The summed E-state index contributed by atoms with van der Waals surface area (Å²) in [5, 5.41) is 7.72. The molecule has 0 saturated carbocycles. The van der Waals surface area contributed by atoms with E-state index in [0.29, 0.717) is 11.2 Å². The quantitative estimate of drug-likeness (QED) is 0.314. The third-order valence-corrected chi connectivity index (χ3v) is 10.3. The Hall–Kier alpha value is -2.89. The summed E-state index contributed by atoms with van der Waals surface area (Å²) < 4.78 is 14.1. The Morgan fingerprint density at radius 1 is 1.20 bits per heavy atom. The van der Waals surface area contributed by atoms with E-state index in [-0.39, 0.29) is 17.5 Å². The summed E-state index contributed by atoms with van der Waals surface area (Å²) in [6, 6.07) is -1.56. The molecule has 30 heavy (non-hydrogen) atoms. The molecular weight excluding hydrogens is 406 g/mol. The molecule has 3 rings (SSSR count). The van der Waals surface area contributed by atoms with Crippen molar-refractivity contribution in [3.05, 3.63) is 33.5 Å². The third kappa shape index (κ3) is 3.91. The second-order valence-corrected chi connectivity index (χ2v) is 13.4. The molecule has 0 amide bonds. The van der Waals surface area contributed by atoms with Gasteiger partial charge in [-0.05, 0) is 29.2 Å². The second-order valence-electron chi connectivity index (χ2n) is 8.61. The Bertz CT molecular complexity index is 1020. The van der Waals surface area contributed by atoms with Crippen molar-refractivity contribution in [2.45, 2.75) is 63.3 Å². The van der Waals surface area contributed by atoms with Crippen molar-refractivity contribution in [3.63, 3.8) is 0 Å². The van der Waals surface area contributed by atoms with Gasteiger partial charge in [-0.15, -0.1) is 0 Å². The van der Waals surface area contributed by atoms with E-state index >= 15 is 0 Å². The lowest BCUT2D eigenvalue weighted by Crippen LogP contribution is -2.44. The zero-order valence-corrected chi connectivity index (χ0v) is 18.5. The highest BCUT2D eigenvalue weighted by Crippen LogP contribution is 2.39. The molecule has 2 aromatic rings. The number of hydrogen-bond acceptors (Lipinski definition) is 8. The van der Waals surface area contributed by atoms with Gasteiger partial charge >= 0.3 is 0 Å². The maximum absolute atomic E-state index is 9.11. The van der Waals surface area contributed by atoms with E-state index in [4.69, 9.17) is 26.0 Å². The van der Waals surface area contributed by atoms with E-state index in [1.807, 2.05) is 0 Å². The van der Waals surface area contributed by atoms with Gasteiger partial charge in [0.15, 0.2) is 19.8 Å². The summed E-state index contributed by atoms with van der Waals surface area (Å²) in [5.41, 5.74) is 24.9. The normalized spacial score (nSPS) is 24.4. The number of fused-ring (bicyclic) bond motifs is 1. The minimum absolute atomic E-state index is 0.00178. The maximum Gasteiger partial charge on any atom is 0.192 e. The summed E-state index contributed by atoms with van der Waals surface area (Å²) in [7, 11) is -2.08. The number of ether oxygens (including phenoxy) is 1. The SMILES string of the molecule is CC(C)(C)[Si](C)(C)OC[C@H]1O[C@@H](n2cnc3c(N)ncnc32)[C@H](N=[N+]=[N-])[C@@H]1N=[N+]=[N-]. The Morgan fingerprint density at radius 2 is 1.87 bits per heavy atom. The Kier molecular flexibility index (Phi) is 5.88. The monoisotopic (exact) mass is 431 g/mol. The van der Waals surface area contributed by atoms with Crippen LogP contribution in [0, 0.1) is 0 Å². The van der Waals surface area contributed by atoms with E-state index in [2.05, 4.69) is 68.9 Å². The Balaban J connectivity index is 1.97. The number of nitrogens with zero attached hydrogens (tertiary/aromatic N) is 10. The Morgan fingerprint density at radius 3 is 2.50 bits per heavy atom. The number of hydrogen-bond donors (Lipinski definition) is 1. The summed E-state index contributed by atoms with van der Waals surface area (Å²) in [4.78, 5) is 18.3. The molecule has 160 valence electrons. The summed E-state index contributed by atoms with van der Waals surface area (Å²) >= 11 is 0. The standard InChI is InChI=1S/C16H25N11O2Si/c1-16(2,3)30(4,5)28-6-9-10(23-25-18)11(24-26-19)15(29-9)27-8-22-12-13(17)20-7-21-14(12)27/h7-11,15H,6H2,1-5H3,(H2,17,20,21)/t9-,10-,11-,15-/m1/s1. The largest absolute Gasteiger partial charge is 0.414 e. The number of rotatable bonds is 6. The molecule has 1 fully saturated rings. The molecule has 13 nitrogen and oxygen atoms in total. The average molecular weight is 432 g/mol. The van der Waals surface area contributed by atoms with Gasteiger partial charge in [0.1, 0.15) is 18.1 Å². The van der Waals surface area contributed by atoms with Gasteiger partial charge in [-0.1, -0.05) is 31.0 Å². The van der Waals surface area contributed by atoms with Crippen LogP contribution in [0.5, 0.6) is 0 Å². The fraction of sp³-hybridized carbons (Fsp3) is 0.688. The van der Waals surface area contributed by atoms with Crippen LogP contribution in [0.2, 0.25) is 18.1 Å². The van der Waals surface area contributed by atoms with Gasteiger partial charge in [-0.2, -0.15) is 0 Å². The van der Waals surface area contributed by atoms with Crippen molar-refractivity contribution in [2.75, 3.05) is 12.3 Å². The minimum atomic E-state index is -2.08. The van der Waals surface area contributed by atoms with Crippen molar-refractivity contribution in [1.82, 2.24) is 19.5 Å². The van der Waals surface area contributed by atoms with Crippen LogP contribution >= 0.6 is 0 Å². The molecule has 0 bridgehead atoms. The number of imidazole rings is 1. The van der Waals surface area contributed by atoms with Crippen LogP contribution in [0.1, 0.15) is 27.0 Å². The van der Waals surface area contributed by atoms with Crippen molar-refractivity contribution in [1.29, 1.82) is 0 Å². The maximum atomic E-state index is 9.11. The molecule has 3 heterocycles. The van der Waals surface area contributed by atoms with Gasteiger partial charge in [0.2, 0.25) is 0 Å². The number of nitrogens with two attached hydrogens (primary N) is 1. The molecule has 1 saturated heterocycles. The van der Waals surface area contributed by atoms with Gasteiger partial charge < -0.3 is 14.9 Å². The molecule has 0 unspecified atom stereocenters. The lowest BCUT2D eigenvalue weighted by Gasteiger charge is -2.37. The zero-order chi connectivity index (χ0) is 22.1. The van der Waals surface area contributed by atoms with Gasteiger partial charge in [-0.25, -0.2) is 15.0 Å². The van der Waals surface area contributed by atoms with Gasteiger partial charge in [0, 0.05) is 9.82 Å². The second kappa shape index (κ2) is 8.09. The molecule has 0 aromatic carbocycles. The smallest absolute Gasteiger partial charge is 0.192 e. The highest BCUT2D eigenvalue weighted by Gasteiger charge is 2.47. The van der Waals surface area contributed by atoms with Gasteiger partial charge in [0.25, 0.3) is 0 Å². The minimum Gasteiger partial charge on any atom is -0.414 e. The fourth-order valence-electron chi connectivity index (χ4n) is 3.05. The summed E-state index contributed by atoms with van der Waals surface area (Å²) in [6.45, 7) is 10.8. The van der Waals surface area contributed by atoms with Crippen molar-refractivity contribution in [2.24, 2.45) is 10.2 Å². The highest BCUT2D eigenvalue weighted by molar-refractivity contribution is 6.74. The predicted molar refractivity (Wildman–Crippen MR) is 113 cm³/mol. The lowest BCUT2D eigenvalue weighted by molar-refractivity contribution is -0.0235. The van der Waals surface area contributed by atoms with Crippen molar-refractivity contribution in [3.8, 4) is 0 Å². The van der Waals surface area contributed by atoms with E-state index in [1.54, 1.807) is 4.57 Å². The molecule has 2 aromatic heterocycles. The van der Waals surface area contributed by atoms with Crippen LogP contribution in [0.25, 0.3) is 32.0 Å². The molecule has 4 atom stereocenters. The molecular formula is C16H25N11O2Si.